The van der Waals surface area contributed by atoms with Gasteiger partial charge in [0.2, 0.25) is 0 Å². The van der Waals surface area contributed by atoms with Crippen LogP contribution in [0.5, 0.6) is 0 Å². The molecule has 2 aliphatic rings. The molecule has 108 valence electrons. The van der Waals surface area contributed by atoms with Crippen molar-refractivity contribution < 1.29 is 0 Å². The first kappa shape index (κ1) is 12.9. The van der Waals surface area contributed by atoms with Crippen LogP contribution in [-0.2, 0) is 13.0 Å². The zero-order chi connectivity index (χ0) is 14.1. The normalized spacial score (nSPS) is 18.8. The molecule has 1 N–H and O–H groups in total. The van der Waals surface area contributed by atoms with Crippen LogP contribution in [0.15, 0.2) is 48.5 Å². The first-order valence-corrected chi connectivity index (χ1v) is 8.04. The summed E-state index contributed by atoms with van der Waals surface area (Å²) in [7, 11) is 0. The first-order chi connectivity index (χ1) is 10.4. The number of fused-ring (bicyclic) bond motifs is 2. The van der Waals surface area contributed by atoms with Gasteiger partial charge in [-0.1, -0.05) is 42.5 Å². The van der Waals surface area contributed by atoms with E-state index in [0.717, 1.165) is 26.1 Å². The molecule has 1 saturated heterocycles. The number of para-hydroxylation sites is 1. The van der Waals surface area contributed by atoms with Gasteiger partial charge in [-0.3, -0.25) is 0 Å². The highest BCUT2D eigenvalue weighted by Gasteiger charge is 2.26. The van der Waals surface area contributed by atoms with Crippen LogP contribution in [0.1, 0.15) is 29.5 Å². The van der Waals surface area contributed by atoms with E-state index in [4.69, 9.17) is 0 Å². The standard InChI is InChI=1S/C19H22N2/c1-2-7-17-14-21(18-9-11-20-12-10-18)19-8-4-3-6-16(19)13-15(17)5-1/h1-8,18,20H,9-14H2. The van der Waals surface area contributed by atoms with Crippen LogP contribution >= 0.6 is 0 Å². The summed E-state index contributed by atoms with van der Waals surface area (Å²) >= 11 is 0. The number of piperidine rings is 1. The Kier molecular flexibility index (Phi) is 3.40. The summed E-state index contributed by atoms with van der Waals surface area (Å²) in [6.07, 6.45) is 3.56. The van der Waals surface area contributed by atoms with Gasteiger partial charge in [0.1, 0.15) is 0 Å². The first-order valence-electron chi connectivity index (χ1n) is 8.04. The second-order valence-corrected chi connectivity index (χ2v) is 6.18. The third-order valence-electron chi connectivity index (χ3n) is 4.89. The largest absolute Gasteiger partial charge is 0.364 e. The second-order valence-electron chi connectivity index (χ2n) is 6.18. The number of benzene rings is 2. The predicted octanol–water partition coefficient (Wildman–Crippen LogP) is 3.35. The zero-order valence-corrected chi connectivity index (χ0v) is 12.4. The monoisotopic (exact) mass is 278 g/mol. The van der Waals surface area contributed by atoms with Gasteiger partial charge < -0.3 is 10.2 Å². The molecule has 2 aromatic carbocycles. The van der Waals surface area contributed by atoms with E-state index in [1.165, 1.54) is 35.2 Å². The van der Waals surface area contributed by atoms with Crippen LogP contribution in [0.3, 0.4) is 0 Å². The second kappa shape index (κ2) is 5.53. The van der Waals surface area contributed by atoms with Gasteiger partial charge in [0.15, 0.2) is 0 Å². The molecule has 0 spiro atoms. The summed E-state index contributed by atoms with van der Waals surface area (Å²) in [6, 6.07) is 18.6. The van der Waals surface area contributed by atoms with Crippen molar-refractivity contribution in [2.24, 2.45) is 0 Å². The Labute approximate surface area is 126 Å². The summed E-state index contributed by atoms with van der Waals surface area (Å²) < 4.78 is 0. The van der Waals surface area contributed by atoms with Gasteiger partial charge in [0.05, 0.1) is 0 Å². The highest BCUT2D eigenvalue weighted by molar-refractivity contribution is 5.59. The van der Waals surface area contributed by atoms with E-state index >= 15 is 0 Å². The van der Waals surface area contributed by atoms with Crippen molar-refractivity contribution in [2.75, 3.05) is 18.0 Å². The fourth-order valence-electron chi connectivity index (χ4n) is 3.74. The van der Waals surface area contributed by atoms with E-state index in [0.29, 0.717) is 6.04 Å². The Morgan fingerprint density at radius 1 is 0.810 bits per heavy atom. The minimum atomic E-state index is 0.665. The lowest BCUT2D eigenvalue weighted by molar-refractivity contribution is 0.428. The topological polar surface area (TPSA) is 15.3 Å². The summed E-state index contributed by atoms with van der Waals surface area (Å²) in [5.41, 5.74) is 5.90. The molecule has 0 bridgehead atoms. The van der Waals surface area contributed by atoms with E-state index < -0.39 is 0 Å². The summed E-state index contributed by atoms with van der Waals surface area (Å²) in [4.78, 5) is 2.65. The Morgan fingerprint density at radius 3 is 2.29 bits per heavy atom. The number of rotatable bonds is 1. The molecular weight excluding hydrogens is 256 g/mol. The summed E-state index contributed by atoms with van der Waals surface area (Å²) in [5, 5.41) is 3.49. The maximum Gasteiger partial charge on any atom is 0.0435 e. The summed E-state index contributed by atoms with van der Waals surface area (Å²) in [5.74, 6) is 0. The molecule has 0 aliphatic carbocycles. The molecule has 2 nitrogen and oxygen atoms in total. The highest BCUT2D eigenvalue weighted by Crippen LogP contribution is 2.33. The Balaban J connectivity index is 1.78. The van der Waals surface area contributed by atoms with Crippen molar-refractivity contribution in [3.63, 3.8) is 0 Å². The molecule has 0 aromatic heterocycles. The lowest BCUT2D eigenvalue weighted by Gasteiger charge is -2.36. The quantitative estimate of drug-likeness (QED) is 0.860. The van der Waals surface area contributed by atoms with Gasteiger partial charge in [-0.15, -0.1) is 0 Å². The van der Waals surface area contributed by atoms with Crippen LogP contribution in [0.25, 0.3) is 0 Å². The van der Waals surface area contributed by atoms with E-state index in [1.54, 1.807) is 0 Å². The lowest BCUT2D eigenvalue weighted by atomic mass is 10.0. The molecule has 4 rings (SSSR count). The summed E-state index contributed by atoms with van der Waals surface area (Å²) in [6.45, 7) is 3.34. The highest BCUT2D eigenvalue weighted by atomic mass is 15.2. The van der Waals surface area contributed by atoms with Gasteiger partial charge in [0.25, 0.3) is 0 Å². The van der Waals surface area contributed by atoms with Gasteiger partial charge >= 0.3 is 0 Å². The molecular formula is C19H22N2. The lowest BCUT2D eigenvalue weighted by Crippen LogP contribution is -2.43. The molecule has 2 heteroatoms. The maximum absolute atomic E-state index is 3.49. The third kappa shape index (κ3) is 2.44. The minimum absolute atomic E-state index is 0.665. The fraction of sp³-hybridized carbons (Fsp3) is 0.368. The Hall–Kier alpha value is -1.80. The SMILES string of the molecule is c1ccc2c(c1)Cc1ccccc1N(C1CCNCC1)C2. The van der Waals surface area contributed by atoms with Gasteiger partial charge in [-0.05, 0) is 55.1 Å². The van der Waals surface area contributed by atoms with Crippen molar-refractivity contribution >= 4 is 5.69 Å². The Morgan fingerprint density at radius 2 is 1.48 bits per heavy atom. The smallest absolute Gasteiger partial charge is 0.0435 e. The average Bonchev–Trinajstić information content (AvgIpc) is 2.72. The molecule has 21 heavy (non-hydrogen) atoms. The molecule has 2 aromatic rings. The van der Waals surface area contributed by atoms with Crippen molar-refractivity contribution in [3.05, 3.63) is 65.2 Å². The molecule has 2 heterocycles. The molecule has 0 radical (unpaired) electrons. The van der Waals surface area contributed by atoms with Crippen LogP contribution in [-0.4, -0.2) is 19.1 Å². The van der Waals surface area contributed by atoms with E-state index in [-0.39, 0.29) is 0 Å². The van der Waals surface area contributed by atoms with Crippen LogP contribution in [0.2, 0.25) is 0 Å². The van der Waals surface area contributed by atoms with Crippen molar-refractivity contribution in [1.29, 1.82) is 0 Å². The predicted molar refractivity (Wildman–Crippen MR) is 87.8 cm³/mol. The molecule has 1 fully saturated rings. The minimum Gasteiger partial charge on any atom is -0.364 e. The number of hydrogen-bond donors (Lipinski definition) is 1. The number of anilines is 1. The van der Waals surface area contributed by atoms with Gasteiger partial charge in [-0.2, -0.15) is 0 Å². The Bertz CT molecular complexity index is 629. The van der Waals surface area contributed by atoms with E-state index in [9.17, 15) is 0 Å². The average molecular weight is 278 g/mol. The molecule has 0 amide bonds. The van der Waals surface area contributed by atoms with Crippen LogP contribution < -0.4 is 10.2 Å². The van der Waals surface area contributed by atoms with Crippen LogP contribution in [0, 0.1) is 0 Å². The number of nitrogens with one attached hydrogen (secondary N) is 1. The van der Waals surface area contributed by atoms with Crippen LogP contribution in [0.4, 0.5) is 5.69 Å². The van der Waals surface area contributed by atoms with Gasteiger partial charge in [0, 0.05) is 18.3 Å². The maximum atomic E-state index is 3.49. The molecule has 0 unspecified atom stereocenters. The van der Waals surface area contributed by atoms with E-state index in [2.05, 4.69) is 58.7 Å². The van der Waals surface area contributed by atoms with Crippen molar-refractivity contribution in [3.8, 4) is 0 Å². The molecule has 2 aliphatic heterocycles. The number of hydrogen-bond acceptors (Lipinski definition) is 2. The zero-order valence-electron chi connectivity index (χ0n) is 12.4. The van der Waals surface area contributed by atoms with Crippen molar-refractivity contribution in [2.45, 2.75) is 31.8 Å². The number of nitrogens with zero attached hydrogens (tertiary/aromatic N) is 1. The van der Waals surface area contributed by atoms with Gasteiger partial charge in [-0.25, -0.2) is 0 Å². The third-order valence-corrected chi connectivity index (χ3v) is 4.89. The van der Waals surface area contributed by atoms with Crippen molar-refractivity contribution in [1.82, 2.24) is 5.32 Å². The molecule has 0 atom stereocenters. The molecule has 0 saturated carbocycles. The van der Waals surface area contributed by atoms with E-state index in [1.807, 2.05) is 0 Å². The fourth-order valence-corrected chi connectivity index (χ4v) is 3.74.